The second kappa shape index (κ2) is 8.44. The fourth-order valence-corrected chi connectivity index (χ4v) is 5.19. The van der Waals surface area contributed by atoms with E-state index < -0.39 is 0 Å². The molecule has 0 saturated carbocycles. The average molecular weight is 485 g/mol. The van der Waals surface area contributed by atoms with E-state index in [1.54, 1.807) is 23.1 Å². The van der Waals surface area contributed by atoms with Gasteiger partial charge in [-0.05, 0) is 48.0 Å². The summed E-state index contributed by atoms with van der Waals surface area (Å²) in [5, 5.41) is 22.9. The average Bonchev–Trinajstić information content (AvgIpc) is 3.58. The lowest BCUT2D eigenvalue weighted by Gasteiger charge is -2.19. The van der Waals surface area contributed by atoms with E-state index in [4.69, 9.17) is 14.9 Å². The first-order chi connectivity index (χ1) is 17.1. The topological polar surface area (TPSA) is 108 Å². The molecule has 1 amide bonds. The van der Waals surface area contributed by atoms with Crippen LogP contribution in [0.4, 0.5) is 5.69 Å². The Morgan fingerprint density at radius 3 is 2.83 bits per heavy atom. The van der Waals surface area contributed by atoms with Crippen molar-refractivity contribution < 1.29 is 19.4 Å². The molecule has 2 aliphatic rings. The molecule has 174 valence electrons. The van der Waals surface area contributed by atoms with E-state index in [2.05, 4.69) is 10.3 Å². The summed E-state index contributed by atoms with van der Waals surface area (Å²) >= 11 is 1.44. The number of aliphatic hydroxyl groups is 1. The van der Waals surface area contributed by atoms with Crippen molar-refractivity contribution in [1.82, 2.24) is 10.3 Å². The van der Waals surface area contributed by atoms with Gasteiger partial charge in [-0.15, -0.1) is 11.3 Å². The largest absolute Gasteiger partial charge is 0.510 e. The zero-order chi connectivity index (χ0) is 23.9. The fourth-order valence-electron chi connectivity index (χ4n) is 4.15. The SMILES string of the molecule is N=C1C(c2nc3ccccc3s2)=C(O)CN1c1cccc(C(=O)NCc2ccc3c(c2)OCO3)c1. The number of amides is 1. The number of nitrogens with one attached hydrogen (secondary N) is 2. The normalized spacial score (nSPS) is 14.7. The molecule has 0 spiro atoms. The highest BCUT2D eigenvalue weighted by Gasteiger charge is 2.31. The van der Waals surface area contributed by atoms with Crippen LogP contribution in [-0.2, 0) is 6.54 Å². The molecular weight excluding hydrogens is 464 g/mol. The molecule has 0 atom stereocenters. The second-order valence-electron chi connectivity index (χ2n) is 8.16. The lowest BCUT2D eigenvalue weighted by atomic mass is 10.1. The number of ether oxygens (including phenoxy) is 2. The van der Waals surface area contributed by atoms with Crippen molar-refractivity contribution in [3.8, 4) is 11.5 Å². The Hall–Kier alpha value is -4.37. The van der Waals surface area contributed by atoms with Crippen LogP contribution in [0, 0.1) is 5.41 Å². The van der Waals surface area contributed by atoms with Crippen LogP contribution in [-0.4, -0.2) is 35.2 Å². The highest BCUT2D eigenvalue weighted by Crippen LogP contribution is 2.35. The van der Waals surface area contributed by atoms with Crippen molar-refractivity contribution in [2.75, 3.05) is 18.2 Å². The Morgan fingerprint density at radius 1 is 1.09 bits per heavy atom. The van der Waals surface area contributed by atoms with Crippen molar-refractivity contribution in [1.29, 1.82) is 5.41 Å². The molecule has 3 N–H and O–H groups in total. The minimum Gasteiger partial charge on any atom is -0.510 e. The zero-order valence-corrected chi connectivity index (χ0v) is 19.3. The van der Waals surface area contributed by atoms with Crippen molar-refractivity contribution in [2.45, 2.75) is 6.54 Å². The van der Waals surface area contributed by atoms with Crippen molar-refractivity contribution in [3.63, 3.8) is 0 Å². The van der Waals surface area contributed by atoms with Gasteiger partial charge < -0.3 is 24.8 Å². The van der Waals surface area contributed by atoms with Crippen LogP contribution in [0.1, 0.15) is 20.9 Å². The van der Waals surface area contributed by atoms with Crippen LogP contribution < -0.4 is 19.7 Å². The molecule has 8 nitrogen and oxygen atoms in total. The number of rotatable bonds is 5. The molecule has 6 rings (SSSR count). The molecule has 3 aromatic carbocycles. The van der Waals surface area contributed by atoms with E-state index in [1.165, 1.54) is 11.3 Å². The van der Waals surface area contributed by atoms with Gasteiger partial charge in [0.05, 0.1) is 22.3 Å². The van der Waals surface area contributed by atoms with E-state index in [0.717, 1.165) is 15.8 Å². The van der Waals surface area contributed by atoms with Gasteiger partial charge in [0, 0.05) is 17.8 Å². The molecule has 0 bridgehead atoms. The number of amidine groups is 1. The van der Waals surface area contributed by atoms with Crippen LogP contribution in [0.2, 0.25) is 0 Å². The number of nitrogens with zero attached hydrogens (tertiary/aromatic N) is 2. The number of hydrogen-bond acceptors (Lipinski definition) is 7. The summed E-state index contributed by atoms with van der Waals surface area (Å²) in [5.41, 5.74) is 3.26. The standard InChI is InChI=1S/C26H20N4O4S/c27-24-23(26-29-18-6-1-2-7-22(18)35-26)19(31)13-30(24)17-5-3-4-16(11-17)25(32)28-12-15-8-9-20-21(10-15)34-14-33-20/h1-11,27,31H,12-14H2,(H,28,32). The lowest BCUT2D eigenvalue weighted by Crippen LogP contribution is -2.27. The predicted molar refractivity (Wildman–Crippen MR) is 134 cm³/mol. The summed E-state index contributed by atoms with van der Waals surface area (Å²) in [7, 11) is 0. The number of benzene rings is 3. The molecular formula is C26H20N4O4S. The molecule has 1 aromatic heterocycles. The number of carbonyl (C=O) groups excluding carboxylic acids is 1. The van der Waals surface area contributed by atoms with Gasteiger partial charge in [0.2, 0.25) is 6.79 Å². The molecule has 0 aliphatic carbocycles. The van der Waals surface area contributed by atoms with Crippen molar-refractivity contribution >= 4 is 44.6 Å². The lowest BCUT2D eigenvalue weighted by molar-refractivity contribution is 0.0951. The highest BCUT2D eigenvalue weighted by atomic mass is 32.1. The summed E-state index contributed by atoms with van der Waals surface area (Å²) < 4.78 is 11.7. The maximum absolute atomic E-state index is 12.8. The number of hydrogen-bond donors (Lipinski definition) is 3. The number of aliphatic hydroxyl groups excluding tert-OH is 1. The molecule has 3 heterocycles. The minimum absolute atomic E-state index is 0.0896. The molecule has 0 radical (unpaired) electrons. The summed E-state index contributed by atoms with van der Waals surface area (Å²) in [6.45, 7) is 0.685. The summed E-state index contributed by atoms with van der Waals surface area (Å²) in [5.74, 6) is 1.37. The van der Waals surface area contributed by atoms with Gasteiger partial charge in [0.25, 0.3) is 5.91 Å². The molecule has 2 aliphatic heterocycles. The van der Waals surface area contributed by atoms with E-state index >= 15 is 0 Å². The first-order valence-electron chi connectivity index (χ1n) is 11.0. The van der Waals surface area contributed by atoms with Gasteiger partial charge in [-0.3, -0.25) is 10.2 Å². The van der Waals surface area contributed by atoms with Gasteiger partial charge in [0.1, 0.15) is 16.6 Å². The third-order valence-electron chi connectivity index (χ3n) is 5.92. The van der Waals surface area contributed by atoms with Crippen molar-refractivity contribution in [2.24, 2.45) is 0 Å². The third kappa shape index (κ3) is 3.85. The Bertz CT molecular complexity index is 1490. The number of para-hydroxylation sites is 1. The van der Waals surface area contributed by atoms with Crippen LogP contribution in [0.25, 0.3) is 15.8 Å². The van der Waals surface area contributed by atoms with Gasteiger partial charge in [-0.25, -0.2) is 4.98 Å². The number of fused-ring (bicyclic) bond motifs is 2. The van der Waals surface area contributed by atoms with Gasteiger partial charge in [0.15, 0.2) is 11.5 Å². The smallest absolute Gasteiger partial charge is 0.251 e. The number of carbonyl (C=O) groups is 1. The zero-order valence-electron chi connectivity index (χ0n) is 18.4. The Labute approximate surface area is 204 Å². The van der Waals surface area contributed by atoms with Gasteiger partial charge >= 0.3 is 0 Å². The summed E-state index contributed by atoms with van der Waals surface area (Å²) in [4.78, 5) is 19.1. The maximum atomic E-state index is 12.8. The Balaban J connectivity index is 1.18. The second-order valence-corrected chi connectivity index (χ2v) is 9.19. The molecule has 0 saturated heterocycles. The third-order valence-corrected chi connectivity index (χ3v) is 6.97. The van der Waals surface area contributed by atoms with E-state index in [0.29, 0.717) is 39.9 Å². The Morgan fingerprint density at radius 2 is 1.94 bits per heavy atom. The monoisotopic (exact) mass is 484 g/mol. The van der Waals surface area contributed by atoms with Gasteiger partial charge in [-0.2, -0.15) is 0 Å². The first-order valence-corrected chi connectivity index (χ1v) is 11.8. The minimum atomic E-state index is -0.237. The quantitative estimate of drug-likeness (QED) is 0.378. The summed E-state index contributed by atoms with van der Waals surface area (Å²) in [6.07, 6.45) is 0. The molecule has 4 aromatic rings. The van der Waals surface area contributed by atoms with Crippen LogP contribution in [0.5, 0.6) is 11.5 Å². The van der Waals surface area contributed by atoms with Crippen LogP contribution in [0.15, 0.2) is 72.5 Å². The molecule has 0 fully saturated rings. The highest BCUT2D eigenvalue weighted by molar-refractivity contribution is 7.19. The Kier molecular flexibility index (Phi) is 5.11. The first kappa shape index (κ1) is 21.2. The number of aromatic nitrogens is 1. The van der Waals surface area contributed by atoms with E-state index in [-0.39, 0.29) is 30.8 Å². The van der Waals surface area contributed by atoms with E-state index in [1.807, 2.05) is 48.5 Å². The number of anilines is 1. The van der Waals surface area contributed by atoms with Crippen LogP contribution in [0.3, 0.4) is 0 Å². The summed E-state index contributed by atoms with van der Waals surface area (Å²) in [6, 6.07) is 20.3. The van der Waals surface area contributed by atoms with Crippen LogP contribution >= 0.6 is 11.3 Å². The predicted octanol–water partition coefficient (Wildman–Crippen LogP) is 4.72. The fraction of sp³-hybridized carbons (Fsp3) is 0.115. The maximum Gasteiger partial charge on any atom is 0.251 e. The van der Waals surface area contributed by atoms with E-state index in [9.17, 15) is 9.90 Å². The molecule has 9 heteroatoms. The van der Waals surface area contributed by atoms with Gasteiger partial charge in [-0.1, -0.05) is 24.3 Å². The van der Waals surface area contributed by atoms with Crippen molar-refractivity contribution in [3.05, 3.63) is 88.6 Å². The molecule has 35 heavy (non-hydrogen) atoms. The molecule has 0 unspecified atom stereocenters. The number of thiazole rings is 1.